The third kappa shape index (κ3) is 2.48. The molecule has 0 saturated carbocycles. The van der Waals surface area contributed by atoms with E-state index in [4.69, 9.17) is 4.74 Å². The molecule has 0 saturated heterocycles. The molecule has 16 heavy (non-hydrogen) atoms. The number of hydrogen-bond acceptors (Lipinski definition) is 4. The monoisotopic (exact) mass is 238 g/mol. The summed E-state index contributed by atoms with van der Waals surface area (Å²) in [5.41, 5.74) is 0.833. The Morgan fingerprint density at radius 3 is 3.19 bits per heavy atom. The van der Waals surface area contributed by atoms with Crippen molar-refractivity contribution in [3.63, 3.8) is 0 Å². The molecule has 0 fully saturated rings. The summed E-state index contributed by atoms with van der Waals surface area (Å²) in [7, 11) is 1.62. The quantitative estimate of drug-likeness (QED) is 0.799. The van der Waals surface area contributed by atoms with E-state index in [0.717, 1.165) is 10.7 Å². The highest BCUT2D eigenvalue weighted by Crippen LogP contribution is 2.12. The van der Waals surface area contributed by atoms with E-state index in [9.17, 15) is 4.79 Å². The molecule has 0 bridgehead atoms. The van der Waals surface area contributed by atoms with Crippen LogP contribution in [0.1, 0.15) is 19.0 Å². The van der Waals surface area contributed by atoms with Crippen molar-refractivity contribution in [2.75, 3.05) is 7.11 Å². The van der Waals surface area contributed by atoms with Gasteiger partial charge in [-0.25, -0.2) is 4.98 Å². The number of ketones is 1. The second kappa shape index (κ2) is 4.76. The van der Waals surface area contributed by atoms with E-state index in [1.165, 1.54) is 0 Å². The molecule has 0 amide bonds. The maximum absolute atomic E-state index is 11.7. The molecule has 0 aliphatic heterocycles. The van der Waals surface area contributed by atoms with Gasteiger partial charge in [-0.1, -0.05) is 0 Å². The van der Waals surface area contributed by atoms with Crippen LogP contribution in [0.5, 0.6) is 0 Å². The van der Waals surface area contributed by atoms with Crippen LogP contribution in [0.15, 0.2) is 17.8 Å². The standard InChI is InChI=1S/C11H14N2O2S/c1-8(15-2)5-10(14)6-9-7-13-3-4-16-11(13)12-9/h3-4,7-8H,5-6H2,1-2H3. The van der Waals surface area contributed by atoms with Crippen LogP contribution in [0.4, 0.5) is 0 Å². The predicted octanol–water partition coefficient (Wildman–Crippen LogP) is 1.93. The maximum atomic E-state index is 11.7. The Morgan fingerprint density at radius 1 is 1.69 bits per heavy atom. The Kier molecular flexibility index (Phi) is 3.36. The van der Waals surface area contributed by atoms with Crippen LogP contribution in [0.2, 0.25) is 0 Å². The normalized spacial score (nSPS) is 13.1. The first-order valence-corrected chi connectivity index (χ1v) is 6.02. The number of imidazole rings is 1. The molecular formula is C11H14N2O2S. The van der Waals surface area contributed by atoms with Gasteiger partial charge in [-0.05, 0) is 6.92 Å². The fraction of sp³-hybridized carbons (Fsp3) is 0.455. The number of fused-ring (bicyclic) bond motifs is 1. The molecule has 86 valence electrons. The molecule has 4 nitrogen and oxygen atoms in total. The summed E-state index contributed by atoms with van der Waals surface area (Å²) in [5, 5.41) is 1.97. The zero-order valence-electron chi connectivity index (χ0n) is 9.34. The summed E-state index contributed by atoms with van der Waals surface area (Å²) >= 11 is 1.57. The lowest BCUT2D eigenvalue weighted by Crippen LogP contribution is -2.14. The van der Waals surface area contributed by atoms with Crippen molar-refractivity contribution in [3.05, 3.63) is 23.5 Å². The number of ether oxygens (including phenoxy) is 1. The van der Waals surface area contributed by atoms with Gasteiger partial charge in [-0.3, -0.25) is 9.20 Å². The second-order valence-electron chi connectivity index (χ2n) is 3.79. The number of methoxy groups -OCH3 is 1. The van der Waals surface area contributed by atoms with Crippen molar-refractivity contribution in [1.82, 2.24) is 9.38 Å². The Hall–Kier alpha value is -1.20. The van der Waals surface area contributed by atoms with Gasteiger partial charge in [0.2, 0.25) is 0 Å². The highest BCUT2D eigenvalue weighted by atomic mass is 32.1. The van der Waals surface area contributed by atoms with Gasteiger partial charge in [0.15, 0.2) is 4.96 Å². The first kappa shape index (κ1) is 11.3. The summed E-state index contributed by atoms with van der Waals surface area (Å²) in [6.07, 6.45) is 4.67. The first-order valence-electron chi connectivity index (χ1n) is 5.14. The summed E-state index contributed by atoms with van der Waals surface area (Å²) in [6.45, 7) is 1.89. The maximum Gasteiger partial charge on any atom is 0.193 e. The van der Waals surface area contributed by atoms with Gasteiger partial charge in [-0.2, -0.15) is 0 Å². The number of Topliss-reactive ketones (excluding diaryl/α,β-unsaturated/α-hetero) is 1. The molecule has 2 heterocycles. The van der Waals surface area contributed by atoms with E-state index in [1.54, 1.807) is 18.4 Å². The highest BCUT2D eigenvalue weighted by molar-refractivity contribution is 7.15. The Labute approximate surface area is 97.9 Å². The SMILES string of the molecule is COC(C)CC(=O)Cc1cn2ccsc2n1. The number of thiazole rings is 1. The third-order valence-electron chi connectivity index (χ3n) is 2.44. The van der Waals surface area contributed by atoms with Crippen LogP contribution < -0.4 is 0 Å². The number of carbonyl (C=O) groups excluding carboxylic acids is 1. The van der Waals surface area contributed by atoms with E-state index >= 15 is 0 Å². The van der Waals surface area contributed by atoms with Crippen molar-refractivity contribution in [3.8, 4) is 0 Å². The lowest BCUT2D eigenvalue weighted by atomic mass is 10.1. The molecule has 0 spiro atoms. The highest BCUT2D eigenvalue weighted by Gasteiger charge is 2.11. The van der Waals surface area contributed by atoms with E-state index in [0.29, 0.717) is 12.8 Å². The molecule has 1 unspecified atom stereocenters. The van der Waals surface area contributed by atoms with E-state index in [1.807, 2.05) is 29.1 Å². The lowest BCUT2D eigenvalue weighted by Gasteiger charge is -2.06. The van der Waals surface area contributed by atoms with Gasteiger partial charge in [-0.15, -0.1) is 11.3 Å². The molecule has 0 aliphatic rings. The molecule has 0 N–H and O–H groups in total. The molecule has 5 heteroatoms. The molecule has 1 atom stereocenters. The summed E-state index contributed by atoms with van der Waals surface area (Å²) < 4.78 is 7.00. The van der Waals surface area contributed by atoms with Crippen LogP contribution in [0, 0.1) is 0 Å². The van der Waals surface area contributed by atoms with Gasteiger partial charge in [0.25, 0.3) is 0 Å². The minimum absolute atomic E-state index is 0.0174. The van der Waals surface area contributed by atoms with Crippen LogP contribution >= 0.6 is 11.3 Å². The fourth-order valence-electron chi connectivity index (χ4n) is 1.54. The van der Waals surface area contributed by atoms with Crippen LogP contribution in [-0.2, 0) is 16.0 Å². The molecule has 0 aromatic carbocycles. The molecule has 2 aromatic heterocycles. The number of carbonyl (C=O) groups is 1. The van der Waals surface area contributed by atoms with Crippen molar-refractivity contribution in [1.29, 1.82) is 0 Å². The number of hydrogen-bond donors (Lipinski definition) is 0. The minimum Gasteiger partial charge on any atom is -0.381 e. The lowest BCUT2D eigenvalue weighted by molar-refractivity contribution is -0.120. The van der Waals surface area contributed by atoms with Crippen molar-refractivity contribution in [2.45, 2.75) is 25.9 Å². The molecule has 0 radical (unpaired) electrons. The van der Waals surface area contributed by atoms with E-state index in [-0.39, 0.29) is 11.9 Å². The topological polar surface area (TPSA) is 43.6 Å². The zero-order valence-corrected chi connectivity index (χ0v) is 10.2. The second-order valence-corrected chi connectivity index (χ2v) is 4.66. The average molecular weight is 238 g/mol. The van der Waals surface area contributed by atoms with Crippen molar-refractivity contribution in [2.24, 2.45) is 0 Å². The third-order valence-corrected chi connectivity index (χ3v) is 3.21. The summed E-state index contributed by atoms with van der Waals surface area (Å²) in [4.78, 5) is 17.0. The number of nitrogens with zero attached hydrogens (tertiary/aromatic N) is 2. The van der Waals surface area contributed by atoms with Gasteiger partial charge in [0, 0.05) is 31.3 Å². The Balaban J connectivity index is 1.99. The van der Waals surface area contributed by atoms with Gasteiger partial charge < -0.3 is 4.74 Å². The largest absolute Gasteiger partial charge is 0.381 e. The van der Waals surface area contributed by atoms with Crippen LogP contribution in [0.25, 0.3) is 4.96 Å². The summed E-state index contributed by atoms with van der Waals surface area (Å²) in [6, 6.07) is 0. The van der Waals surface area contributed by atoms with E-state index < -0.39 is 0 Å². The Bertz CT molecular complexity index is 460. The Morgan fingerprint density at radius 2 is 2.50 bits per heavy atom. The fourth-order valence-corrected chi connectivity index (χ4v) is 2.26. The van der Waals surface area contributed by atoms with Crippen LogP contribution in [-0.4, -0.2) is 28.4 Å². The zero-order chi connectivity index (χ0) is 11.5. The molecular weight excluding hydrogens is 224 g/mol. The van der Waals surface area contributed by atoms with Crippen molar-refractivity contribution >= 4 is 22.1 Å². The van der Waals surface area contributed by atoms with Gasteiger partial charge >= 0.3 is 0 Å². The van der Waals surface area contributed by atoms with E-state index in [2.05, 4.69) is 4.98 Å². The predicted molar refractivity (Wildman–Crippen MR) is 62.9 cm³/mol. The summed E-state index contributed by atoms with van der Waals surface area (Å²) in [5.74, 6) is 0.167. The van der Waals surface area contributed by atoms with Crippen LogP contribution in [0.3, 0.4) is 0 Å². The number of aromatic nitrogens is 2. The minimum atomic E-state index is -0.0174. The number of rotatable bonds is 5. The molecule has 2 aromatic rings. The van der Waals surface area contributed by atoms with Gasteiger partial charge in [0.1, 0.15) is 5.78 Å². The van der Waals surface area contributed by atoms with Gasteiger partial charge in [0.05, 0.1) is 18.2 Å². The molecule has 2 rings (SSSR count). The molecule has 0 aliphatic carbocycles. The average Bonchev–Trinajstić information content (AvgIpc) is 2.77. The van der Waals surface area contributed by atoms with Crippen molar-refractivity contribution < 1.29 is 9.53 Å². The smallest absolute Gasteiger partial charge is 0.193 e. The first-order chi connectivity index (χ1) is 7.69.